The van der Waals surface area contributed by atoms with Gasteiger partial charge in [0.25, 0.3) is 0 Å². The van der Waals surface area contributed by atoms with Gasteiger partial charge in [0.15, 0.2) is 5.16 Å². The molecule has 7 nitrogen and oxygen atoms in total. The maximum atomic E-state index is 11.3. The summed E-state index contributed by atoms with van der Waals surface area (Å²) >= 11 is 1.44. The molecule has 0 spiro atoms. The van der Waals surface area contributed by atoms with Crippen molar-refractivity contribution in [2.24, 2.45) is 7.05 Å². The zero-order valence-corrected chi connectivity index (χ0v) is 13.2. The monoisotopic (exact) mass is 309 g/mol. The van der Waals surface area contributed by atoms with Gasteiger partial charge in [0.1, 0.15) is 5.54 Å². The van der Waals surface area contributed by atoms with Gasteiger partial charge in [-0.3, -0.25) is 24.7 Å². The second-order valence-corrected chi connectivity index (χ2v) is 6.94. The summed E-state index contributed by atoms with van der Waals surface area (Å²) in [4.78, 5) is 26.3. The van der Waals surface area contributed by atoms with Gasteiger partial charge in [-0.15, -0.1) is 0 Å². The molecule has 0 bridgehead atoms. The lowest BCUT2D eigenvalue weighted by Gasteiger charge is -2.25. The summed E-state index contributed by atoms with van der Waals surface area (Å²) in [5.74, 6) is 0. The lowest BCUT2D eigenvalue weighted by atomic mass is 9.99. The maximum absolute atomic E-state index is 11.3. The van der Waals surface area contributed by atoms with Crippen molar-refractivity contribution in [3.8, 4) is 6.07 Å². The van der Waals surface area contributed by atoms with E-state index in [9.17, 15) is 14.9 Å². The summed E-state index contributed by atoms with van der Waals surface area (Å²) in [7, 11) is 1.65. The molecular formula is C13H19N5O2S. The molecule has 2 rings (SSSR count). The van der Waals surface area contributed by atoms with Crippen molar-refractivity contribution in [1.29, 1.82) is 5.26 Å². The zero-order chi connectivity index (χ0) is 15.6. The Morgan fingerprint density at radius 2 is 2.29 bits per heavy atom. The lowest BCUT2D eigenvalue weighted by molar-refractivity contribution is 0.386. The van der Waals surface area contributed by atoms with Gasteiger partial charge in [-0.2, -0.15) is 10.2 Å². The van der Waals surface area contributed by atoms with Crippen molar-refractivity contribution in [2.45, 2.75) is 55.1 Å². The summed E-state index contributed by atoms with van der Waals surface area (Å²) in [6, 6.07) is 2.63. The Labute approximate surface area is 126 Å². The molecule has 21 heavy (non-hydrogen) atoms. The summed E-state index contributed by atoms with van der Waals surface area (Å²) < 4.78 is 1.46. The maximum Gasteiger partial charge on any atom is 0.339 e. The van der Waals surface area contributed by atoms with Crippen LogP contribution in [-0.4, -0.2) is 31.6 Å². The molecule has 0 saturated heterocycles. The Bertz CT molecular complexity index is 674. The van der Waals surface area contributed by atoms with E-state index in [1.54, 1.807) is 7.05 Å². The predicted molar refractivity (Wildman–Crippen MR) is 80.2 cm³/mol. The molecule has 1 aromatic rings. The first-order chi connectivity index (χ1) is 9.85. The highest BCUT2D eigenvalue weighted by Gasteiger charge is 2.40. The molecule has 1 heterocycles. The van der Waals surface area contributed by atoms with E-state index in [4.69, 9.17) is 0 Å². The molecule has 8 heteroatoms. The number of hydrogen-bond donors (Lipinski definition) is 2. The molecule has 2 atom stereocenters. The Hall–Kier alpha value is -1.59. The van der Waals surface area contributed by atoms with Gasteiger partial charge >= 0.3 is 11.1 Å². The van der Waals surface area contributed by atoms with Crippen LogP contribution in [0.2, 0.25) is 0 Å². The third kappa shape index (κ3) is 3.54. The van der Waals surface area contributed by atoms with Gasteiger partial charge < -0.3 is 0 Å². The van der Waals surface area contributed by atoms with Crippen LogP contribution in [0.15, 0.2) is 14.7 Å². The fourth-order valence-electron chi connectivity index (χ4n) is 2.63. The first-order valence-corrected chi connectivity index (χ1v) is 7.76. The molecule has 0 aromatic carbocycles. The standard InChI is InChI=1S/C13H19N5O2S/c1-8(2)16-13(7-14)5-4-9(6-13)21-12-15-10(19)11(20)17-18(12)3/h8-9,16H,4-6H2,1-3H3,(H,17,20). The smallest absolute Gasteiger partial charge is 0.297 e. The third-order valence-corrected chi connectivity index (χ3v) is 4.78. The predicted octanol–water partition coefficient (Wildman–Crippen LogP) is 0.374. The second kappa shape index (κ2) is 6.03. The molecule has 1 fully saturated rings. The summed E-state index contributed by atoms with van der Waals surface area (Å²) in [6.45, 7) is 4.04. The average molecular weight is 309 g/mol. The van der Waals surface area contributed by atoms with Crippen molar-refractivity contribution in [3.05, 3.63) is 20.7 Å². The summed E-state index contributed by atoms with van der Waals surface area (Å²) in [5, 5.41) is 15.9. The highest BCUT2D eigenvalue weighted by Crippen LogP contribution is 2.39. The van der Waals surface area contributed by atoms with Gasteiger partial charge in [0.2, 0.25) is 0 Å². The largest absolute Gasteiger partial charge is 0.339 e. The van der Waals surface area contributed by atoms with Crippen LogP contribution in [0.5, 0.6) is 0 Å². The number of nitrogens with zero attached hydrogens (tertiary/aromatic N) is 3. The van der Waals surface area contributed by atoms with Crippen LogP contribution in [0.3, 0.4) is 0 Å². The minimum Gasteiger partial charge on any atom is -0.297 e. The number of nitrogens with one attached hydrogen (secondary N) is 2. The number of rotatable bonds is 4. The first kappa shape index (κ1) is 15.8. The molecule has 0 aliphatic heterocycles. The van der Waals surface area contributed by atoms with Crippen LogP contribution in [-0.2, 0) is 7.05 Å². The van der Waals surface area contributed by atoms with Crippen LogP contribution >= 0.6 is 11.8 Å². The fourth-order valence-corrected chi connectivity index (χ4v) is 3.87. The number of thioether (sulfide) groups is 1. The Balaban J connectivity index is 2.13. The molecule has 1 aliphatic rings. The van der Waals surface area contributed by atoms with E-state index in [1.165, 1.54) is 16.4 Å². The number of H-pyrrole nitrogens is 1. The molecule has 1 aromatic heterocycles. The van der Waals surface area contributed by atoms with Gasteiger partial charge in [-0.1, -0.05) is 11.8 Å². The van der Waals surface area contributed by atoms with Crippen molar-refractivity contribution in [3.63, 3.8) is 0 Å². The zero-order valence-electron chi connectivity index (χ0n) is 12.3. The lowest BCUT2D eigenvalue weighted by Crippen LogP contribution is -2.45. The van der Waals surface area contributed by atoms with Crippen molar-refractivity contribution in [2.75, 3.05) is 0 Å². The van der Waals surface area contributed by atoms with Gasteiger partial charge in [0, 0.05) is 18.3 Å². The normalized spacial score (nSPS) is 25.2. The Kier molecular flexibility index (Phi) is 4.54. The SMILES string of the molecule is CC(C)NC1(C#N)CCC(Sc2nc(=O)c(=O)[nH]n2C)C1. The molecule has 2 N–H and O–H groups in total. The van der Waals surface area contributed by atoms with E-state index in [2.05, 4.69) is 21.5 Å². The Morgan fingerprint density at radius 3 is 2.90 bits per heavy atom. The van der Waals surface area contributed by atoms with Crippen LogP contribution in [0.25, 0.3) is 0 Å². The number of aryl methyl sites for hydroxylation is 1. The van der Waals surface area contributed by atoms with Gasteiger partial charge in [-0.05, 0) is 33.1 Å². The first-order valence-electron chi connectivity index (χ1n) is 6.88. The molecule has 1 saturated carbocycles. The van der Waals surface area contributed by atoms with Crippen molar-refractivity contribution in [1.82, 2.24) is 20.1 Å². The second-order valence-electron chi connectivity index (χ2n) is 5.68. The third-order valence-electron chi connectivity index (χ3n) is 3.47. The van der Waals surface area contributed by atoms with Crippen LogP contribution in [0, 0.1) is 11.3 Å². The molecule has 2 unspecified atom stereocenters. The topological polar surface area (TPSA) is 104 Å². The van der Waals surface area contributed by atoms with E-state index in [-0.39, 0.29) is 11.3 Å². The van der Waals surface area contributed by atoms with E-state index < -0.39 is 16.7 Å². The van der Waals surface area contributed by atoms with Gasteiger partial charge in [0.05, 0.1) is 6.07 Å². The van der Waals surface area contributed by atoms with Crippen molar-refractivity contribution < 1.29 is 0 Å². The molecule has 114 valence electrons. The van der Waals surface area contributed by atoms with E-state index in [0.29, 0.717) is 11.6 Å². The highest BCUT2D eigenvalue weighted by atomic mass is 32.2. The Morgan fingerprint density at radius 1 is 1.57 bits per heavy atom. The molecular weight excluding hydrogens is 290 g/mol. The number of nitriles is 1. The molecule has 1 aliphatic carbocycles. The quantitative estimate of drug-likeness (QED) is 0.779. The minimum atomic E-state index is -0.777. The number of aromatic nitrogens is 3. The summed E-state index contributed by atoms with van der Waals surface area (Å²) in [5.41, 5.74) is -2.01. The molecule has 0 amide bonds. The average Bonchev–Trinajstić information content (AvgIpc) is 2.79. The van der Waals surface area contributed by atoms with Crippen LogP contribution < -0.4 is 16.4 Å². The van der Waals surface area contributed by atoms with E-state index in [0.717, 1.165) is 12.8 Å². The molecule has 0 radical (unpaired) electrons. The fraction of sp³-hybridized carbons (Fsp3) is 0.692. The van der Waals surface area contributed by atoms with E-state index in [1.807, 2.05) is 13.8 Å². The highest BCUT2D eigenvalue weighted by molar-refractivity contribution is 7.99. The number of aromatic amines is 1. The number of hydrogen-bond acceptors (Lipinski definition) is 6. The van der Waals surface area contributed by atoms with Crippen LogP contribution in [0.1, 0.15) is 33.1 Å². The summed E-state index contributed by atoms with van der Waals surface area (Å²) in [6.07, 6.45) is 2.34. The van der Waals surface area contributed by atoms with Crippen LogP contribution in [0.4, 0.5) is 0 Å². The van der Waals surface area contributed by atoms with Gasteiger partial charge in [-0.25, -0.2) is 0 Å². The van der Waals surface area contributed by atoms with E-state index >= 15 is 0 Å². The van der Waals surface area contributed by atoms with Crippen molar-refractivity contribution >= 4 is 11.8 Å². The minimum absolute atomic E-state index is 0.194.